The molecule has 0 aliphatic heterocycles. The van der Waals surface area contributed by atoms with Crippen LogP contribution < -0.4 is 16.0 Å². The number of aliphatic carboxylic acids is 1. The summed E-state index contributed by atoms with van der Waals surface area (Å²) in [4.78, 5) is 45.5. The minimum atomic E-state index is -0.681. The minimum Gasteiger partial charge on any atom is -0.481 e. The highest BCUT2D eigenvalue weighted by atomic mass is 16.5. The van der Waals surface area contributed by atoms with Crippen molar-refractivity contribution in [3.05, 3.63) is 0 Å². The van der Waals surface area contributed by atoms with Gasteiger partial charge in [0.25, 0.3) is 0 Å². The molecule has 0 fully saturated rings. The predicted molar refractivity (Wildman–Crippen MR) is 166 cm³/mol. The molecule has 3 amide bonds. The van der Waals surface area contributed by atoms with Crippen molar-refractivity contribution >= 4 is 23.7 Å². The van der Waals surface area contributed by atoms with E-state index in [1.807, 2.05) is 6.92 Å². The Morgan fingerprint density at radius 2 is 0.905 bits per heavy atom. The first kappa shape index (κ1) is 39.8. The van der Waals surface area contributed by atoms with E-state index in [-0.39, 0.29) is 24.3 Å². The lowest BCUT2D eigenvalue weighted by atomic mass is 10.0. The number of carbonyl (C=O) groups excluding carboxylic acids is 3. The van der Waals surface area contributed by atoms with Gasteiger partial charge in [0.2, 0.25) is 17.7 Å². The lowest BCUT2D eigenvalue weighted by Crippen LogP contribution is -2.30. The van der Waals surface area contributed by atoms with Gasteiger partial charge in [-0.25, -0.2) is 0 Å². The summed E-state index contributed by atoms with van der Waals surface area (Å²) in [6, 6.07) is 0. The highest BCUT2D eigenvalue weighted by molar-refractivity contribution is 5.77. The molecule has 0 atom stereocenters. The molecule has 4 N–H and O–H groups in total. The molecule has 0 aliphatic carbocycles. The standard InChI is InChI=1S/C32H61N3O7/c1-2-33-31(38)28-42-27-26-41-25-24-35-30(37)21-19-23-34-29(36)20-17-15-13-11-9-7-5-3-4-6-8-10-12-14-16-18-22-32(39)40/h2-28H2,1H3,(H,33,38)(H,34,36)(H,35,37)(H,39,40). The van der Waals surface area contributed by atoms with Gasteiger partial charge in [0.1, 0.15) is 6.61 Å². The van der Waals surface area contributed by atoms with E-state index in [2.05, 4.69) is 16.0 Å². The van der Waals surface area contributed by atoms with Crippen molar-refractivity contribution in [2.24, 2.45) is 0 Å². The SMILES string of the molecule is CCNC(=O)COCCOCCNC(=O)CCCNC(=O)CCCCCCCCCCCCCCCCCCC(=O)O. The first-order valence-electron chi connectivity index (χ1n) is 16.6. The zero-order valence-electron chi connectivity index (χ0n) is 26.5. The molecule has 0 spiro atoms. The predicted octanol–water partition coefficient (Wildman–Crippen LogP) is 5.27. The fourth-order valence-corrected chi connectivity index (χ4v) is 4.59. The highest BCUT2D eigenvalue weighted by Crippen LogP contribution is 2.14. The number of hydrogen-bond acceptors (Lipinski definition) is 6. The lowest BCUT2D eigenvalue weighted by Gasteiger charge is -2.08. The average molecular weight is 600 g/mol. The van der Waals surface area contributed by atoms with Gasteiger partial charge in [0, 0.05) is 38.9 Å². The molecule has 0 radical (unpaired) electrons. The van der Waals surface area contributed by atoms with Crippen molar-refractivity contribution in [2.75, 3.05) is 46.1 Å². The third-order valence-corrected chi connectivity index (χ3v) is 6.99. The minimum absolute atomic E-state index is 0.0234. The molecule has 0 heterocycles. The molecule has 10 heteroatoms. The Morgan fingerprint density at radius 1 is 0.476 bits per heavy atom. The van der Waals surface area contributed by atoms with E-state index in [0.29, 0.717) is 65.1 Å². The number of hydrogen-bond donors (Lipinski definition) is 4. The summed E-state index contributed by atoms with van der Waals surface area (Å²) in [6.45, 7) is 4.46. The second-order valence-corrected chi connectivity index (χ2v) is 11.0. The average Bonchev–Trinajstić information content (AvgIpc) is 2.96. The Labute approximate surface area is 254 Å². The van der Waals surface area contributed by atoms with Gasteiger partial charge in [0.15, 0.2) is 0 Å². The molecular weight excluding hydrogens is 538 g/mol. The molecule has 0 aromatic carbocycles. The maximum absolute atomic E-state index is 12.0. The van der Waals surface area contributed by atoms with E-state index in [9.17, 15) is 19.2 Å². The van der Waals surface area contributed by atoms with Crippen molar-refractivity contribution < 1.29 is 33.8 Å². The van der Waals surface area contributed by atoms with E-state index in [0.717, 1.165) is 25.7 Å². The zero-order chi connectivity index (χ0) is 30.9. The van der Waals surface area contributed by atoms with Gasteiger partial charge in [-0.3, -0.25) is 19.2 Å². The normalized spacial score (nSPS) is 10.9. The smallest absolute Gasteiger partial charge is 0.303 e. The van der Waals surface area contributed by atoms with Gasteiger partial charge in [-0.1, -0.05) is 89.9 Å². The third kappa shape index (κ3) is 32.3. The Balaban J connectivity index is 3.29. The van der Waals surface area contributed by atoms with Crippen LogP contribution in [0.15, 0.2) is 0 Å². The second-order valence-electron chi connectivity index (χ2n) is 11.0. The van der Waals surface area contributed by atoms with Crippen LogP contribution in [0.2, 0.25) is 0 Å². The number of amides is 3. The molecule has 0 aromatic heterocycles. The summed E-state index contributed by atoms with van der Waals surface area (Å²) in [5.41, 5.74) is 0. The van der Waals surface area contributed by atoms with Crippen LogP contribution in [-0.2, 0) is 28.7 Å². The van der Waals surface area contributed by atoms with Crippen molar-refractivity contribution in [1.82, 2.24) is 16.0 Å². The molecule has 0 bridgehead atoms. The molecule has 42 heavy (non-hydrogen) atoms. The summed E-state index contributed by atoms with van der Waals surface area (Å²) in [7, 11) is 0. The number of unbranched alkanes of at least 4 members (excludes halogenated alkanes) is 15. The number of carbonyl (C=O) groups is 4. The van der Waals surface area contributed by atoms with Crippen LogP contribution >= 0.6 is 0 Å². The summed E-state index contributed by atoms with van der Waals surface area (Å²) in [5.74, 6) is -0.817. The maximum Gasteiger partial charge on any atom is 0.303 e. The van der Waals surface area contributed by atoms with Crippen LogP contribution in [0.1, 0.15) is 135 Å². The van der Waals surface area contributed by atoms with E-state index < -0.39 is 5.97 Å². The summed E-state index contributed by atoms with van der Waals surface area (Å²) < 4.78 is 10.5. The summed E-state index contributed by atoms with van der Waals surface area (Å²) >= 11 is 0. The first-order valence-corrected chi connectivity index (χ1v) is 16.6. The van der Waals surface area contributed by atoms with Gasteiger partial charge in [0.05, 0.1) is 19.8 Å². The topological polar surface area (TPSA) is 143 Å². The molecule has 0 aromatic rings. The molecule has 246 valence electrons. The highest BCUT2D eigenvalue weighted by Gasteiger charge is 2.04. The fourth-order valence-electron chi connectivity index (χ4n) is 4.59. The number of carboxylic acids is 1. The van der Waals surface area contributed by atoms with Gasteiger partial charge < -0.3 is 30.5 Å². The fraction of sp³-hybridized carbons (Fsp3) is 0.875. The van der Waals surface area contributed by atoms with E-state index in [1.54, 1.807) is 0 Å². The number of nitrogens with one attached hydrogen (secondary N) is 3. The molecule has 0 saturated carbocycles. The molecule has 0 unspecified atom stereocenters. The summed E-state index contributed by atoms with van der Waals surface area (Å²) in [5, 5.41) is 17.0. The van der Waals surface area contributed by atoms with Crippen LogP contribution in [0.4, 0.5) is 0 Å². The van der Waals surface area contributed by atoms with Crippen LogP contribution in [0.5, 0.6) is 0 Å². The molecular formula is C32H61N3O7. The van der Waals surface area contributed by atoms with Crippen molar-refractivity contribution in [3.8, 4) is 0 Å². The zero-order valence-corrected chi connectivity index (χ0v) is 26.5. The number of carboxylic acid groups (broad SMARTS) is 1. The number of rotatable bonds is 32. The quantitative estimate of drug-likeness (QED) is 0.0771. The number of ether oxygens (including phenoxy) is 2. The first-order chi connectivity index (χ1) is 20.5. The summed E-state index contributed by atoms with van der Waals surface area (Å²) in [6.07, 6.45) is 21.0. The van der Waals surface area contributed by atoms with Crippen molar-refractivity contribution in [2.45, 2.75) is 135 Å². The molecule has 0 saturated heterocycles. The van der Waals surface area contributed by atoms with Crippen LogP contribution in [0, 0.1) is 0 Å². The number of likely N-dealkylation sites (N-methyl/N-ethyl adjacent to an activating group) is 1. The maximum atomic E-state index is 12.0. The Kier molecular flexibility index (Phi) is 30.1. The van der Waals surface area contributed by atoms with Crippen LogP contribution in [0.3, 0.4) is 0 Å². The van der Waals surface area contributed by atoms with E-state index in [4.69, 9.17) is 14.6 Å². The Morgan fingerprint density at radius 3 is 1.40 bits per heavy atom. The van der Waals surface area contributed by atoms with Gasteiger partial charge >= 0.3 is 5.97 Å². The van der Waals surface area contributed by atoms with Crippen molar-refractivity contribution in [3.63, 3.8) is 0 Å². The van der Waals surface area contributed by atoms with Crippen LogP contribution in [-0.4, -0.2) is 74.9 Å². The van der Waals surface area contributed by atoms with Crippen molar-refractivity contribution in [1.29, 1.82) is 0 Å². The van der Waals surface area contributed by atoms with Gasteiger partial charge in [-0.05, 0) is 26.2 Å². The second kappa shape index (κ2) is 31.7. The van der Waals surface area contributed by atoms with E-state index >= 15 is 0 Å². The lowest BCUT2D eigenvalue weighted by molar-refractivity contribution is -0.137. The Bertz CT molecular complexity index is 676. The molecule has 0 rings (SSSR count). The molecule has 10 nitrogen and oxygen atoms in total. The Hall–Kier alpha value is -2.20. The largest absolute Gasteiger partial charge is 0.481 e. The van der Waals surface area contributed by atoms with Gasteiger partial charge in [-0.2, -0.15) is 0 Å². The third-order valence-electron chi connectivity index (χ3n) is 6.99. The van der Waals surface area contributed by atoms with Gasteiger partial charge in [-0.15, -0.1) is 0 Å². The molecule has 0 aliphatic rings. The monoisotopic (exact) mass is 599 g/mol. The van der Waals surface area contributed by atoms with Crippen LogP contribution in [0.25, 0.3) is 0 Å². The van der Waals surface area contributed by atoms with E-state index in [1.165, 1.54) is 77.0 Å².